The highest BCUT2D eigenvalue weighted by Gasteiger charge is 2.29. The minimum absolute atomic E-state index is 0.0980. The lowest BCUT2D eigenvalue weighted by Crippen LogP contribution is -2.27. The molecule has 0 N–H and O–H groups in total. The number of carbonyl (C=O) groups excluding carboxylic acids is 1. The largest absolute Gasteiger partial charge is 0.334 e. The molecular formula is C16H23NO. The van der Waals surface area contributed by atoms with E-state index in [4.69, 9.17) is 0 Å². The third-order valence-corrected chi connectivity index (χ3v) is 3.44. The number of rotatable bonds is 2. The van der Waals surface area contributed by atoms with E-state index in [-0.39, 0.29) is 11.3 Å². The molecule has 0 fully saturated rings. The number of fused-ring (bicyclic) bond motifs is 1. The fourth-order valence-corrected chi connectivity index (χ4v) is 2.42. The van der Waals surface area contributed by atoms with Crippen LogP contribution in [0.1, 0.15) is 56.1 Å². The summed E-state index contributed by atoms with van der Waals surface area (Å²) in [6, 6.07) is 6.36. The second-order valence-electron chi connectivity index (χ2n) is 6.70. The van der Waals surface area contributed by atoms with E-state index in [2.05, 4.69) is 52.8 Å². The zero-order valence-electron chi connectivity index (χ0n) is 12.1. The summed E-state index contributed by atoms with van der Waals surface area (Å²) in [5, 5.41) is 0. The molecule has 98 valence electrons. The van der Waals surface area contributed by atoms with Gasteiger partial charge in [-0.25, -0.2) is 0 Å². The van der Waals surface area contributed by atoms with Gasteiger partial charge in [-0.1, -0.05) is 46.8 Å². The van der Waals surface area contributed by atoms with Crippen molar-refractivity contribution in [2.45, 2.75) is 46.6 Å². The first kappa shape index (κ1) is 13.1. The quantitative estimate of drug-likeness (QED) is 0.779. The summed E-state index contributed by atoms with van der Waals surface area (Å²) < 4.78 is 0. The Morgan fingerprint density at radius 2 is 1.94 bits per heavy atom. The van der Waals surface area contributed by atoms with Crippen molar-refractivity contribution in [2.75, 3.05) is 6.54 Å². The maximum Gasteiger partial charge on any atom is 0.254 e. The topological polar surface area (TPSA) is 20.3 Å². The molecule has 0 aliphatic carbocycles. The van der Waals surface area contributed by atoms with Crippen molar-refractivity contribution in [3.63, 3.8) is 0 Å². The molecule has 2 heteroatoms. The summed E-state index contributed by atoms with van der Waals surface area (Å²) in [5.41, 5.74) is 3.42. The Kier molecular flexibility index (Phi) is 3.22. The molecule has 0 atom stereocenters. The first-order valence-electron chi connectivity index (χ1n) is 6.71. The molecule has 1 aliphatic rings. The Balaban J connectivity index is 2.30. The lowest BCUT2D eigenvalue weighted by molar-refractivity contribution is 0.0759. The second kappa shape index (κ2) is 4.42. The van der Waals surface area contributed by atoms with E-state index in [1.54, 1.807) is 0 Å². The van der Waals surface area contributed by atoms with E-state index in [1.165, 1.54) is 11.1 Å². The molecule has 2 rings (SSSR count). The Labute approximate surface area is 110 Å². The molecule has 0 unspecified atom stereocenters. The molecule has 0 aromatic heterocycles. The maximum absolute atomic E-state index is 12.3. The van der Waals surface area contributed by atoms with Gasteiger partial charge in [0, 0.05) is 18.7 Å². The van der Waals surface area contributed by atoms with Crippen molar-refractivity contribution >= 4 is 5.91 Å². The minimum Gasteiger partial charge on any atom is -0.334 e. The number of benzene rings is 1. The molecule has 1 aromatic rings. The van der Waals surface area contributed by atoms with Gasteiger partial charge in [0.2, 0.25) is 0 Å². The molecular weight excluding hydrogens is 222 g/mol. The average Bonchev–Trinajstić information content (AvgIpc) is 2.53. The number of hydrogen-bond donors (Lipinski definition) is 0. The van der Waals surface area contributed by atoms with Gasteiger partial charge in [-0.05, 0) is 28.5 Å². The summed E-state index contributed by atoms with van der Waals surface area (Å²) in [4.78, 5) is 14.3. The zero-order valence-corrected chi connectivity index (χ0v) is 12.1. The van der Waals surface area contributed by atoms with Gasteiger partial charge in [0.15, 0.2) is 0 Å². The van der Waals surface area contributed by atoms with Crippen LogP contribution in [0.15, 0.2) is 18.2 Å². The summed E-state index contributed by atoms with van der Waals surface area (Å²) in [5.74, 6) is 0.718. The molecule has 1 aliphatic heterocycles. The summed E-state index contributed by atoms with van der Waals surface area (Å²) in [7, 11) is 0. The van der Waals surface area contributed by atoms with Crippen LogP contribution in [0.25, 0.3) is 0 Å². The van der Waals surface area contributed by atoms with Crippen LogP contribution in [0.3, 0.4) is 0 Å². The fourth-order valence-electron chi connectivity index (χ4n) is 2.42. The van der Waals surface area contributed by atoms with Crippen molar-refractivity contribution in [3.05, 3.63) is 34.9 Å². The highest BCUT2D eigenvalue weighted by Crippen LogP contribution is 2.29. The summed E-state index contributed by atoms with van der Waals surface area (Å²) in [6.45, 7) is 12.5. The van der Waals surface area contributed by atoms with Crippen LogP contribution in [0.5, 0.6) is 0 Å². The standard InChI is InChI=1S/C16H23NO/c1-11(2)9-17-10-12-6-7-13(16(3,4)5)8-14(12)15(17)18/h6-8,11H,9-10H2,1-5H3. The molecule has 18 heavy (non-hydrogen) atoms. The van der Waals surface area contributed by atoms with E-state index >= 15 is 0 Å². The monoisotopic (exact) mass is 245 g/mol. The predicted octanol–water partition coefficient (Wildman–Crippen LogP) is 3.60. The SMILES string of the molecule is CC(C)CN1Cc2ccc(C(C)(C)C)cc2C1=O. The van der Waals surface area contributed by atoms with Crippen molar-refractivity contribution in [2.24, 2.45) is 5.92 Å². The third-order valence-electron chi connectivity index (χ3n) is 3.44. The number of amides is 1. The highest BCUT2D eigenvalue weighted by molar-refractivity contribution is 5.98. The van der Waals surface area contributed by atoms with Crippen LogP contribution in [0.2, 0.25) is 0 Å². The molecule has 0 saturated carbocycles. The molecule has 0 bridgehead atoms. The minimum atomic E-state index is 0.0980. The predicted molar refractivity (Wildman–Crippen MR) is 74.7 cm³/mol. The van der Waals surface area contributed by atoms with Crippen molar-refractivity contribution in [3.8, 4) is 0 Å². The van der Waals surface area contributed by atoms with E-state index in [9.17, 15) is 4.79 Å². The molecule has 0 radical (unpaired) electrons. The Hall–Kier alpha value is -1.31. The lowest BCUT2D eigenvalue weighted by Gasteiger charge is -2.19. The van der Waals surface area contributed by atoms with Crippen LogP contribution in [-0.2, 0) is 12.0 Å². The lowest BCUT2D eigenvalue weighted by atomic mass is 9.85. The molecule has 1 amide bonds. The number of hydrogen-bond acceptors (Lipinski definition) is 1. The second-order valence-corrected chi connectivity index (χ2v) is 6.70. The van der Waals surface area contributed by atoms with E-state index in [0.717, 1.165) is 18.7 Å². The average molecular weight is 245 g/mol. The number of nitrogens with zero attached hydrogens (tertiary/aromatic N) is 1. The molecule has 2 nitrogen and oxygen atoms in total. The van der Waals surface area contributed by atoms with E-state index < -0.39 is 0 Å². The van der Waals surface area contributed by atoms with Crippen molar-refractivity contribution in [1.82, 2.24) is 4.90 Å². The Morgan fingerprint density at radius 3 is 2.50 bits per heavy atom. The summed E-state index contributed by atoms with van der Waals surface area (Å²) >= 11 is 0. The van der Waals surface area contributed by atoms with Crippen LogP contribution in [-0.4, -0.2) is 17.4 Å². The van der Waals surface area contributed by atoms with Crippen LogP contribution in [0.4, 0.5) is 0 Å². The summed E-state index contributed by atoms with van der Waals surface area (Å²) in [6.07, 6.45) is 0. The van der Waals surface area contributed by atoms with Crippen LogP contribution < -0.4 is 0 Å². The fraction of sp³-hybridized carbons (Fsp3) is 0.562. The Morgan fingerprint density at radius 1 is 1.28 bits per heavy atom. The van der Waals surface area contributed by atoms with Crippen molar-refractivity contribution in [1.29, 1.82) is 0 Å². The van der Waals surface area contributed by atoms with Crippen LogP contribution >= 0.6 is 0 Å². The van der Waals surface area contributed by atoms with Gasteiger partial charge >= 0.3 is 0 Å². The smallest absolute Gasteiger partial charge is 0.254 e. The molecule has 1 aromatic carbocycles. The van der Waals surface area contributed by atoms with E-state index in [0.29, 0.717) is 5.92 Å². The van der Waals surface area contributed by atoms with Gasteiger partial charge in [-0.2, -0.15) is 0 Å². The molecule has 0 saturated heterocycles. The number of carbonyl (C=O) groups is 1. The van der Waals surface area contributed by atoms with Crippen LogP contribution in [0, 0.1) is 5.92 Å². The van der Waals surface area contributed by atoms with Gasteiger partial charge in [0.05, 0.1) is 0 Å². The highest BCUT2D eigenvalue weighted by atomic mass is 16.2. The normalized spacial score (nSPS) is 15.4. The van der Waals surface area contributed by atoms with Gasteiger partial charge in [-0.15, -0.1) is 0 Å². The van der Waals surface area contributed by atoms with Gasteiger partial charge < -0.3 is 4.90 Å². The molecule has 0 spiro atoms. The maximum atomic E-state index is 12.3. The first-order valence-corrected chi connectivity index (χ1v) is 6.71. The third kappa shape index (κ3) is 2.43. The zero-order chi connectivity index (χ0) is 13.5. The Bertz CT molecular complexity index is 468. The van der Waals surface area contributed by atoms with Gasteiger partial charge in [0.25, 0.3) is 5.91 Å². The molecule has 1 heterocycles. The van der Waals surface area contributed by atoms with E-state index in [1.807, 2.05) is 4.90 Å². The van der Waals surface area contributed by atoms with Gasteiger partial charge in [-0.3, -0.25) is 4.79 Å². The first-order chi connectivity index (χ1) is 8.29. The van der Waals surface area contributed by atoms with Gasteiger partial charge in [0.1, 0.15) is 0 Å². The van der Waals surface area contributed by atoms with Crippen molar-refractivity contribution < 1.29 is 4.79 Å².